The number of halogens is 1. The van der Waals surface area contributed by atoms with Crippen LogP contribution in [0.4, 0.5) is 5.69 Å². The minimum Gasteiger partial charge on any atom is -0.359 e. The molecule has 0 amide bonds. The van der Waals surface area contributed by atoms with E-state index in [1.807, 2.05) is 24.3 Å². The lowest BCUT2D eigenvalue weighted by atomic mass is 9.78. The van der Waals surface area contributed by atoms with Gasteiger partial charge in [-0.05, 0) is 54.7 Å². The normalized spacial score (nSPS) is 26.8. The summed E-state index contributed by atoms with van der Waals surface area (Å²) in [6.07, 6.45) is 3.82. The van der Waals surface area contributed by atoms with Crippen LogP contribution in [0.3, 0.4) is 0 Å². The van der Waals surface area contributed by atoms with Crippen molar-refractivity contribution in [3.05, 3.63) is 29.3 Å². The summed E-state index contributed by atoms with van der Waals surface area (Å²) in [4.78, 5) is 0. The summed E-state index contributed by atoms with van der Waals surface area (Å²) in [7, 11) is 0. The van der Waals surface area contributed by atoms with Crippen molar-refractivity contribution in [1.82, 2.24) is 5.32 Å². The Morgan fingerprint density at radius 1 is 1.21 bits per heavy atom. The lowest BCUT2D eigenvalue weighted by Crippen LogP contribution is -2.45. The quantitative estimate of drug-likeness (QED) is 0.788. The minimum absolute atomic E-state index is 0.482. The second-order valence-corrected chi connectivity index (χ2v) is 6.32. The first-order valence-electron chi connectivity index (χ1n) is 6.89. The topological polar surface area (TPSA) is 24.1 Å². The largest absolute Gasteiger partial charge is 0.359 e. The standard InChI is InChI=1S/C15H21ClN2S/c1-10-4-3-5-14(11(10)2)18-15(19)17-13-8-6-12(16)7-9-13/h6-11,14H,3-5H2,1-2H3,(H2,17,18,19)/t10-,11+,14-/m0/s1. The van der Waals surface area contributed by atoms with Gasteiger partial charge in [0.2, 0.25) is 0 Å². The third-order valence-corrected chi connectivity index (χ3v) is 4.60. The summed E-state index contributed by atoms with van der Waals surface area (Å²) in [6.45, 7) is 4.64. The average molecular weight is 297 g/mol. The molecule has 19 heavy (non-hydrogen) atoms. The molecular weight excluding hydrogens is 276 g/mol. The zero-order valence-electron chi connectivity index (χ0n) is 11.4. The Balaban J connectivity index is 1.88. The van der Waals surface area contributed by atoms with Crippen LogP contribution in [0, 0.1) is 11.8 Å². The van der Waals surface area contributed by atoms with Crippen molar-refractivity contribution in [3.8, 4) is 0 Å². The molecule has 2 rings (SSSR count). The van der Waals surface area contributed by atoms with E-state index in [1.54, 1.807) is 0 Å². The number of anilines is 1. The highest BCUT2D eigenvalue weighted by Crippen LogP contribution is 2.29. The second-order valence-electron chi connectivity index (χ2n) is 5.48. The SMILES string of the molecule is C[C@H]1[C@@H](NC(=S)Nc2ccc(Cl)cc2)CCC[C@@H]1C. The van der Waals surface area contributed by atoms with Gasteiger partial charge in [0.15, 0.2) is 5.11 Å². The molecule has 2 N–H and O–H groups in total. The van der Waals surface area contributed by atoms with Crippen LogP contribution >= 0.6 is 23.8 Å². The molecule has 1 saturated carbocycles. The van der Waals surface area contributed by atoms with Crippen LogP contribution < -0.4 is 10.6 Å². The van der Waals surface area contributed by atoms with Crippen molar-refractivity contribution >= 4 is 34.6 Å². The lowest BCUT2D eigenvalue weighted by molar-refractivity contribution is 0.225. The smallest absolute Gasteiger partial charge is 0.171 e. The van der Waals surface area contributed by atoms with Gasteiger partial charge in [-0.3, -0.25) is 0 Å². The predicted octanol–water partition coefficient (Wildman–Crippen LogP) is 4.45. The molecular formula is C15H21ClN2S. The fraction of sp³-hybridized carbons (Fsp3) is 0.533. The Hall–Kier alpha value is -0.800. The van der Waals surface area contributed by atoms with Crippen molar-refractivity contribution in [2.24, 2.45) is 11.8 Å². The van der Waals surface area contributed by atoms with E-state index >= 15 is 0 Å². The maximum atomic E-state index is 5.86. The van der Waals surface area contributed by atoms with Gasteiger partial charge in [-0.25, -0.2) is 0 Å². The van der Waals surface area contributed by atoms with Gasteiger partial charge in [-0.2, -0.15) is 0 Å². The molecule has 0 bridgehead atoms. The Morgan fingerprint density at radius 3 is 2.58 bits per heavy atom. The summed E-state index contributed by atoms with van der Waals surface area (Å²) in [5.41, 5.74) is 0.971. The molecule has 0 saturated heterocycles. The summed E-state index contributed by atoms with van der Waals surface area (Å²) in [5.74, 6) is 1.43. The van der Waals surface area contributed by atoms with Crippen molar-refractivity contribution in [2.45, 2.75) is 39.2 Å². The maximum Gasteiger partial charge on any atom is 0.171 e. The minimum atomic E-state index is 0.482. The fourth-order valence-electron chi connectivity index (χ4n) is 2.65. The van der Waals surface area contributed by atoms with Gasteiger partial charge >= 0.3 is 0 Å². The molecule has 0 aliphatic heterocycles. The van der Waals surface area contributed by atoms with Crippen LogP contribution in [0.2, 0.25) is 5.02 Å². The van der Waals surface area contributed by atoms with Gasteiger partial charge in [0, 0.05) is 16.8 Å². The average Bonchev–Trinajstić information content (AvgIpc) is 2.38. The van der Waals surface area contributed by atoms with Crippen LogP contribution in [-0.2, 0) is 0 Å². The molecule has 0 radical (unpaired) electrons. The number of benzene rings is 1. The van der Waals surface area contributed by atoms with Crippen molar-refractivity contribution in [3.63, 3.8) is 0 Å². The third kappa shape index (κ3) is 4.08. The molecule has 0 aromatic heterocycles. The third-order valence-electron chi connectivity index (χ3n) is 4.13. The Bertz CT molecular complexity index is 432. The Morgan fingerprint density at radius 2 is 1.89 bits per heavy atom. The summed E-state index contributed by atoms with van der Waals surface area (Å²) in [6, 6.07) is 8.07. The van der Waals surface area contributed by atoms with Crippen molar-refractivity contribution in [2.75, 3.05) is 5.32 Å². The maximum absolute atomic E-state index is 5.86. The molecule has 2 nitrogen and oxygen atoms in total. The van der Waals surface area contributed by atoms with E-state index in [1.165, 1.54) is 19.3 Å². The van der Waals surface area contributed by atoms with E-state index in [4.69, 9.17) is 23.8 Å². The van der Waals surface area contributed by atoms with E-state index in [0.29, 0.717) is 17.1 Å². The van der Waals surface area contributed by atoms with Crippen molar-refractivity contribution in [1.29, 1.82) is 0 Å². The Kier molecular flexibility index (Phi) is 5.06. The highest BCUT2D eigenvalue weighted by atomic mass is 35.5. The van der Waals surface area contributed by atoms with E-state index in [0.717, 1.165) is 16.6 Å². The van der Waals surface area contributed by atoms with E-state index < -0.39 is 0 Å². The molecule has 4 heteroatoms. The van der Waals surface area contributed by atoms with E-state index in [9.17, 15) is 0 Å². The summed E-state index contributed by atoms with van der Waals surface area (Å²) < 4.78 is 0. The summed E-state index contributed by atoms with van der Waals surface area (Å²) in [5, 5.41) is 8.10. The number of hydrogen-bond donors (Lipinski definition) is 2. The van der Waals surface area contributed by atoms with Gasteiger partial charge in [0.25, 0.3) is 0 Å². The van der Waals surface area contributed by atoms with E-state index in [2.05, 4.69) is 24.5 Å². The van der Waals surface area contributed by atoms with Gasteiger partial charge in [0.05, 0.1) is 0 Å². The van der Waals surface area contributed by atoms with Crippen LogP contribution in [0.1, 0.15) is 33.1 Å². The lowest BCUT2D eigenvalue weighted by Gasteiger charge is -2.35. The predicted molar refractivity (Wildman–Crippen MR) is 86.8 cm³/mol. The van der Waals surface area contributed by atoms with Crippen LogP contribution in [0.15, 0.2) is 24.3 Å². The molecule has 1 aliphatic carbocycles. The molecule has 1 aromatic rings. The number of hydrogen-bond acceptors (Lipinski definition) is 1. The molecule has 0 unspecified atom stereocenters. The molecule has 1 aromatic carbocycles. The summed E-state index contributed by atoms with van der Waals surface area (Å²) >= 11 is 11.2. The van der Waals surface area contributed by atoms with Gasteiger partial charge in [-0.1, -0.05) is 38.3 Å². The molecule has 1 aliphatic rings. The molecule has 104 valence electrons. The monoisotopic (exact) mass is 296 g/mol. The second kappa shape index (κ2) is 6.58. The fourth-order valence-corrected chi connectivity index (χ4v) is 3.05. The first-order valence-corrected chi connectivity index (χ1v) is 7.68. The first kappa shape index (κ1) is 14.6. The first-order chi connectivity index (χ1) is 9.06. The number of rotatable bonds is 2. The molecule has 1 fully saturated rings. The van der Waals surface area contributed by atoms with Gasteiger partial charge < -0.3 is 10.6 Å². The number of nitrogens with one attached hydrogen (secondary N) is 2. The van der Waals surface area contributed by atoms with Gasteiger partial charge in [0.1, 0.15) is 0 Å². The van der Waals surface area contributed by atoms with Crippen molar-refractivity contribution < 1.29 is 0 Å². The van der Waals surface area contributed by atoms with Crippen LogP contribution in [0.25, 0.3) is 0 Å². The Labute approximate surface area is 125 Å². The highest BCUT2D eigenvalue weighted by molar-refractivity contribution is 7.80. The zero-order valence-corrected chi connectivity index (χ0v) is 13.0. The van der Waals surface area contributed by atoms with Gasteiger partial charge in [-0.15, -0.1) is 0 Å². The van der Waals surface area contributed by atoms with E-state index in [-0.39, 0.29) is 0 Å². The van der Waals surface area contributed by atoms with Crippen LogP contribution in [0.5, 0.6) is 0 Å². The van der Waals surface area contributed by atoms with Crippen LogP contribution in [-0.4, -0.2) is 11.2 Å². The molecule has 0 spiro atoms. The zero-order chi connectivity index (χ0) is 13.8. The highest BCUT2D eigenvalue weighted by Gasteiger charge is 2.27. The molecule has 3 atom stereocenters. The molecule has 0 heterocycles. The number of thiocarbonyl (C=S) groups is 1.